The van der Waals surface area contributed by atoms with Crippen LogP contribution in [0.4, 0.5) is 11.4 Å². The molecule has 0 bridgehead atoms. The van der Waals surface area contributed by atoms with Crippen LogP contribution in [-0.4, -0.2) is 26.8 Å². The monoisotopic (exact) mass is 361 g/mol. The number of fused-ring (bicyclic) bond motifs is 1. The van der Waals surface area contributed by atoms with Gasteiger partial charge in [-0.2, -0.15) is 0 Å². The first-order valence-electron chi connectivity index (χ1n) is 8.22. The van der Waals surface area contributed by atoms with E-state index in [0.717, 1.165) is 11.0 Å². The lowest BCUT2D eigenvalue weighted by molar-refractivity contribution is -0.116. The second-order valence-electron chi connectivity index (χ2n) is 5.80. The van der Waals surface area contributed by atoms with E-state index in [1.54, 1.807) is 36.4 Å². The van der Waals surface area contributed by atoms with Crippen molar-refractivity contribution >= 4 is 34.2 Å². The minimum absolute atomic E-state index is 0.0312. The molecule has 0 radical (unpaired) electrons. The van der Waals surface area contributed by atoms with Crippen LogP contribution in [0.5, 0.6) is 0 Å². The fourth-order valence-electron chi connectivity index (χ4n) is 2.65. The molecule has 0 fully saturated rings. The molecule has 134 valence electrons. The highest BCUT2D eigenvalue weighted by Gasteiger charge is 2.11. The Kier molecular flexibility index (Phi) is 4.36. The van der Waals surface area contributed by atoms with E-state index in [0.29, 0.717) is 11.4 Å². The van der Waals surface area contributed by atoms with Crippen LogP contribution < -0.4 is 10.6 Å². The Morgan fingerprint density at radius 1 is 0.963 bits per heavy atom. The Labute approximate surface area is 153 Å². The lowest BCUT2D eigenvalue weighted by Crippen LogP contribution is -2.19. The smallest absolute Gasteiger partial charge is 0.291 e. The minimum atomic E-state index is -0.363. The van der Waals surface area contributed by atoms with E-state index >= 15 is 0 Å². The van der Waals surface area contributed by atoms with Crippen molar-refractivity contribution in [2.24, 2.45) is 0 Å². The molecule has 4 aromatic rings. The quantitative estimate of drug-likeness (QED) is 0.569. The van der Waals surface area contributed by atoms with Crippen molar-refractivity contribution in [2.75, 3.05) is 10.6 Å². The molecule has 8 nitrogen and oxygen atoms in total. The first-order chi connectivity index (χ1) is 13.2. The summed E-state index contributed by atoms with van der Waals surface area (Å²) in [4.78, 5) is 24.4. The minimum Gasteiger partial charge on any atom is -0.459 e. The Balaban J connectivity index is 1.43. The van der Waals surface area contributed by atoms with E-state index in [2.05, 4.69) is 20.9 Å². The van der Waals surface area contributed by atoms with Crippen LogP contribution >= 0.6 is 0 Å². The molecule has 0 aliphatic rings. The maximum Gasteiger partial charge on any atom is 0.291 e. The summed E-state index contributed by atoms with van der Waals surface area (Å²) in [6, 6.07) is 17.5. The van der Waals surface area contributed by atoms with E-state index < -0.39 is 0 Å². The molecule has 8 heteroatoms. The zero-order valence-corrected chi connectivity index (χ0v) is 14.1. The molecule has 2 aromatic heterocycles. The number of carbonyl (C=O) groups is 2. The molecule has 27 heavy (non-hydrogen) atoms. The van der Waals surface area contributed by atoms with Gasteiger partial charge in [-0.25, -0.2) is 4.68 Å². The van der Waals surface area contributed by atoms with Crippen LogP contribution in [0.2, 0.25) is 0 Å². The summed E-state index contributed by atoms with van der Waals surface area (Å²) in [5, 5.41) is 13.5. The molecule has 2 aromatic carbocycles. The third-order valence-corrected chi connectivity index (χ3v) is 3.86. The molecule has 0 aliphatic carbocycles. The standard InChI is InChI=1S/C19H15N5O3/c25-18(12-24-16-8-2-1-7-15(16)22-23-24)20-13-5-3-6-14(11-13)21-19(26)17-9-4-10-27-17/h1-11H,12H2,(H,20,25)(H,21,26). The number of benzene rings is 2. The largest absolute Gasteiger partial charge is 0.459 e. The molecular formula is C19H15N5O3. The number of rotatable bonds is 5. The van der Waals surface area contributed by atoms with E-state index in [-0.39, 0.29) is 24.1 Å². The van der Waals surface area contributed by atoms with Crippen LogP contribution in [0.1, 0.15) is 10.6 Å². The van der Waals surface area contributed by atoms with E-state index in [9.17, 15) is 9.59 Å². The number of aromatic nitrogens is 3. The zero-order chi connectivity index (χ0) is 18.6. The molecule has 0 aliphatic heterocycles. The lowest BCUT2D eigenvalue weighted by atomic mass is 10.2. The van der Waals surface area contributed by atoms with Crippen LogP contribution in [0.25, 0.3) is 11.0 Å². The van der Waals surface area contributed by atoms with Gasteiger partial charge in [0.2, 0.25) is 5.91 Å². The van der Waals surface area contributed by atoms with Gasteiger partial charge < -0.3 is 15.1 Å². The van der Waals surface area contributed by atoms with Crippen molar-refractivity contribution in [2.45, 2.75) is 6.54 Å². The van der Waals surface area contributed by atoms with Gasteiger partial charge in [0.05, 0.1) is 11.8 Å². The predicted molar refractivity (Wildman–Crippen MR) is 99.3 cm³/mol. The van der Waals surface area contributed by atoms with E-state index in [1.165, 1.54) is 10.9 Å². The molecule has 2 amide bonds. The van der Waals surface area contributed by atoms with Gasteiger partial charge in [0.15, 0.2) is 5.76 Å². The van der Waals surface area contributed by atoms with Gasteiger partial charge in [-0.1, -0.05) is 23.4 Å². The molecule has 0 atom stereocenters. The highest BCUT2D eigenvalue weighted by atomic mass is 16.3. The fraction of sp³-hybridized carbons (Fsp3) is 0.0526. The summed E-state index contributed by atoms with van der Waals surface area (Å²) in [6.07, 6.45) is 1.43. The Morgan fingerprint density at radius 2 is 1.78 bits per heavy atom. The van der Waals surface area contributed by atoms with Crippen LogP contribution in [0, 0.1) is 0 Å². The van der Waals surface area contributed by atoms with Gasteiger partial charge in [-0.05, 0) is 42.5 Å². The van der Waals surface area contributed by atoms with Crippen molar-refractivity contribution in [3.63, 3.8) is 0 Å². The number of furan rings is 1. The van der Waals surface area contributed by atoms with Crippen LogP contribution in [0.15, 0.2) is 71.3 Å². The first kappa shape index (κ1) is 16.5. The number of hydrogen-bond donors (Lipinski definition) is 2. The second kappa shape index (κ2) is 7.12. The Hall–Kier alpha value is -3.94. The second-order valence-corrected chi connectivity index (χ2v) is 5.80. The molecule has 0 saturated carbocycles. The van der Waals surface area contributed by atoms with Gasteiger partial charge in [-0.3, -0.25) is 9.59 Å². The number of carbonyl (C=O) groups excluding carboxylic acids is 2. The van der Waals surface area contributed by atoms with Crippen LogP contribution in [-0.2, 0) is 11.3 Å². The molecular weight excluding hydrogens is 346 g/mol. The third kappa shape index (κ3) is 3.69. The summed E-state index contributed by atoms with van der Waals surface area (Å²) in [5.41, 5.74) is 2.61. The SMILES string of the molecule is O=C(Cn1nnc2ccccc21)Nc1cccc(NC(=O)c2ccco2)c1. The number of anilines is 2. The number of hydrogen-bond acceptors (Lipinski definition) is 5. The van der Waals surface area contributed by atoms with Gasteiger partial charge in [0.1, 0.15) is 12.1 Å². The molecule has 0 spiro atoms. The third-order valence-electron chi connectivity index (χ3n) is 3.86. The molecule has 2 N–H and O–H groups in total. The van der Waals surface area contributed by atoms with Crippen molar-refractivity contribution < 1.29 is 14.0 Å². The van der Waals surface area contributed by atoms with Gasteiger partial charge in [0.25, 0.3) is 5.91 Å². The average molecular weight is 361 g/mol. The lowest BCUT2D eigenvalue weighted by Gasteiger charge is -2.08. The highest BCUT2D eigenvalue weighted by molar-refractivity contribution is 6.02. The Bertz CT molecular complexity index is 1100. The first-order valence-corrected chi connectivity index (χ1v) is 8.22. The number of para-hydroxylation sites is 1. The highest BCUT2D eigenvalue weighted by Crippen LogP contribution is 2.17. The van der Waals surface area contributed by atoms with Gasteiger partial charge in [-0.15, -0.1) is 5.10 Å². The van der Waals surface area contributed by atoms with Gasteiger partial charge in [0, 0.05) is 11.4 Å². The summed E-state index contributed by atoms with van der Waals surface area (Å²) in [5.74, 6) is -0.403. The summed E-state index contributed by atoms with van der Waals surface area (Å²) in [7, 11) is 0. The normalized spacial score (nSPS) is 10.7. The van der Waals surface area contributed by atoms with Gasteiger partial charge >= 0.3 is 0 Å². The number of amides is 2. The summed E-state index contributed by atoms with van der Waals surface area (Å²) < 4.78 is 6.59. The van der Waals surface area contributed by atoms with Crippen molar-refractivity contribution in [3.8, 4) is 0 Å². The zero-order valence-electron chi connectivity index (χ0n) is 14.1. The number of nitrogens with one attached hydrogen (secondary N) is 2. The van der Waals surface area contributed by atoms with E-state index in [1.807, 2.05) is 24.3 Å². The maximum atomic E-state index is 12.3. The van der Waals surface area contributed by atoms with Crippen LogP contribution in [0.3, 0.4) is 0 Å². The molecule has 4 rings (SSSR count). The topological polar surface area (TPSA) is 102 Å². The molecule has 2 heterocycles. The van der Waals surface area contributed by atoms with Crippen molar-refractivity contribution in [3.05, 3.63) is 72.7 Å². The fourth-order valence-corrected chi connectivity index (χ4v) is 2.65. The molecule has 0 unspecified atom stereocenters. The van der Waals surface area contributed by atoms with E-state index in [4.69, 9.17) is 4.42 Å². The van der Waals surface area contributed by atoms with Crippen molar-refractivity contribution in [1.29, 1.82) is 0 Å². The summed E-state index contributed by atoms with van der Waals surface area (Å²) in [6.45, 7) is 0.0312. The number of nitrogens with zero attached hydrogens (tertiary/aromatic N) is 3. The average Bonchev–Trinajstić information content (AvgIpc) is 3.33. The predicted octanol–water partition coefficient (Wildman–Crippen LogP) is 2.92. The van der Waals surface area contributed by atoms with Crippen molar-refractivity contribution in [1.82, 2.24) is 15.0 Å². The molecule has 0 saturated heterocycles. The Morgan fingerprint density at radius 3 is 2.59 bits per heavy atom. The summed E-state index contributed by atoms with van der Waals surface area (Å²) >= 11 is 0. The maximum absolute atomic E-state index is 12.3.